The molecule has 1 aromatic heterocycles. The van der Waals surface area contributed by atoms with Gasteiger partial charge in [0.05, 0.1) is 33.9 Å². The summed E-state index contributed by atoms with van der Waals surface area (Å²) in [5.74, 6) is 0.521. The molecule has 4 aromatic rings. The Balaban J connectivity index is 1.20. The molecule has 14 nitrogen and oxygen atoms in total. The highest BCUT2D eigenvalue weighted by atomic mass is 16.6. The quantitative estimate of drug-likeness (QED) is 0.119. The maximum absolute atomic E-state index is 15.5. The normalized spacial score (nSPS) is 31.5. The highest BCUT2D eigenvalue weighted by Crippen LogP contribution is 2.68. The Hall–Kier alpha value is -5.83. The summed E-state index contributed by atoms with van der Waals surface area (Å²) in [4.78, 5) is 53.5. The van der Waals surface area contributed by atoms with Crippen LogP contribution in [0, 0.1) is 11.3 Å². The number of ether oxygens (including phenoxy) is 5. The van der Waals surface area contributed by atoms with Gasteiger partial charge in [-0.25, -0.2) is 4.79 Å². The van der Waals surface area contributed by atoms with Crippen LogP contribution in [0.15, 0.2) is 84.5 Å². The fourth-order valence-corrected chi connectivity index (χ4v) is 14.0. The molecular weight excluding hydrogens is 851 g/mol. The number of benzene rings is 3. The number of hydrogen-bond acceptors (Lipinski definition) is 12. The second-order valence-electron chi connectivity index (χ2n) is 19.6. The Morgan fingerprint density at radius 3 is 2.45 bits per heavy atom. The number of rotatable bonds is 10. The van der Waals surface area contributed by atoms with Crippen LogP contribution in [0.3, 0.4) is 0 Å². The number of H-pyrrole nitrogens is 1. The molecule has 5 aliphatic heterocycles. The number of amides is 1. The van der Waals surface area contributed by atoms with E-state index in [2.05, 4.69) is 81.3 Å². The van der Waals surface area contributed by atoms with Crippen LogP contribution in [0.1, 0.15) is 68.8 Å². The average molecular weight is 914 g/mol. The number of nitrogens with one attached hydrogen (secondary N) is 2. The minimum atomic E-state index is -1.88. The van der Waals surface area contributed by atoms with Gasteiger partial charge >= 0.3 is 18.0 Å². The number of aromatic nitrogens is 1. The number of nitrogens with zero attached hydrogens (tertiary/aromatic N) is 3. The van der Waals surface area contributed by atoms with E-state index in [1.165, 1.54) is 19.6 Å². The molecule has 6 aliphatic rings. The number of aliphatic hydroxyl groups is 1. The van der Waals surface area contributed by atoms with Crippen molar-refractivity contribution in [1.29, 1.82) is 0 Å². The van der Waals surface area contributed by atoms with Crippen molar-refractivity contribution in [2.75, 3.05) is 72.5 Å². The lowest BCUT2D eigenvalue weighted by atomic mass is 9.47. The number of aromatic amines is 1. The lowest BCUT2D eigenvalue weighted by Gasteiger charge is -2.64. The van der Waals surface area contributed by atoms with E-state index in [9.17, 15) is 14.7 Å². The number of fused-ring (bicyclic) bond motifs is 6. The fourth-order valence-electron chi connectivity index (χ4n) is 14.0. The molecule has 1 saturated carbocycles. The Bertz CT molecular complexity index is 2680. The van der Waals surface area contributed by atoms with Gasteiger partial charge in [-0.05, 0) is 92.1 Å². The molecule has 9 atom stereocenters. The largest absolute Gasteiger partial charge is 0.497 e. The summed E-state index contributed by atoms with van der Waals surface area (Å²) in [7, 11) is 6.64. The highest BCUT2D eigenvalue weighted by molar-refractivity contribution is 5.94. The summed E-state index contributed by atoms with van der Waals surface area (Å²) in [5, 5.41) is 17.9. The fraction of sp³-hybridized carbons (Fsp3) is 0.491. The van der Waals surface area contributed by atoms with Crippen molar-refractivity contribution in [2.45, 2.75) is 87.5 Å². The number of carbonyl (C=O) groups is 3. The van der Waals surface area contributed by atoms with Crippen LogP contribution >= 0.6 is 0 Å². The van der Waals surface area contributed by atoms with E-state index >= 15 is 4.79 Å². The summed E-state index contributed by atoms with van der Waals surface area (Å²) in [6.45, 7) is 9.25. The van der Waals surface area contributed by atoms with Crippen molar-refractivity contribution in [3.63, 3.8) is 0 Å². The zero-order valence-corrected chi connectivity index (χ0v) is 39.6. The number of likely N-dealkylation sites (N-methyl/N-ethyl adjacent to an activating group) is 1. The van der Waals surface area contributed by atoms with Crippen molar-refractivity contribution in [2.24, 2.45) is 11.3 Å². The second kappa shape index (κ2) is 16.7. The van der Waals surface area contributed by atoms with Crippen LogP contribution in [0.4, 0.5) is 10.5 Å². The zero-order chi connectivity index (χ0) is 47.0. The third-order valence-corrected chi connectivity index (χ3v) is 16.4. The van der Waals surface area contributed by atoms with Crippen molar-refractivity contribution < 1.29 is 43.2 Å². The van der Waals surface area contributed by atoms with Gasteiger partial charge in [-0.15, -0.1) is 0 Å². The molecule has 1 spiro atoms. The van der Waals surface area contributed by atoms with Gasteiger partial charge in [-0.1, -0.05) is 55.8 Å². The van der Waals surface area contributed by atoms with Crippen LogP contribution in [-0.4, -0.2) is 129 Å². The first-order chi connectivity index (χ1) is 32.3. The smallest absolute Gasteiger partial charge is 0.412 e. The van der Waals surface area contributed by atoms with Crippen LogP contribution < -0.4 is 24.4 Å². The zero-order valence-electron chi connectivity index (χ0n) is 39.6. The van der Waals surface area contributed by atoms with Crippen LogP contribution in [0.25, 0.3) is 10.9 Å². The lowest BCUT2D eigenvalue weighted by molar-refractivity contribution is -0.216. The van der Waals surface area contributed by atoms with E-state index in [1.807, 2.05) is 19.2 Å². The molecule has 1 amide bonds. The molecule has 67 heavy (non-hydrogen) atoms. The van der Waals surface area contributed by atoms with Gasteiger partial charge in [0.1, 0.15) is 34.4 Å². The van der Waals surface area contributed by atoms with E-state index in [0.717, 1.165) is 65.9 Å². The van der Waals surface area contributed by atoms with E-state index in [1.54, 1.807) is 38.5 Å². The molecule has 14 heteroatoms. The summed E-state index contributed by atoms with van der Waals surface area (Å²) in [6.07, 6.45) is 8.03. The van der Waals surface area contributed by atoms with Crippen LogP contribution in [0.2, 0.25) is 0 Å². The number of anilines is 1. The molecule has 2 fully saturated rings. The van der Waals surface area contributed by atoms with Gasteiger partial charge < -0.3 is 44.0 Å². The topological polar surface area (TPSA) is 155 Å². The first-order valence-electron chi connectivity index (χ1n) is 23.8. The maximum Gasteiger partial charge on any atom is 0.412 e. The predicted octanol–water partition coefficient (Wildman–Crippen LogP) is 6.42. The first kappa shape index (κ1) is 45.0. The molecule has 0 radical (unpaired) electrons. The number of para-hydroxylation sites is 1. The SMILES string of the molecule is CCC1=C[C@@H]2CN(CCc3c([nH]c4ccccc34)[C@@](C(=O)OC)(c3cc4c(cc3OC)N(C)[C@H]3[C@@](O)(CNC(=O)Oc5ccc(OC)cc5)[C@H](OC(C)=O)[C@]5(CC)C=CCN6CC[C@]43[C@@H]65)C2)C1. The summed E-state index contributed by atoms with van der Waals surface area (Å²) < 4.78 is 29.9. The molecule has 1 saturated heterocycles. The lowest BCUT2D eigenvalue weighted by Crippen LogP contribution is -2.81. The summed E-state index contributed by atoms with van der Waals surface area (Å²) in [6, 6.07) is 18.2. The number of carbonyl (C=O) groups excluding carboxylic acids is 3. The van der Waals surface area contributed by atoms with Gasteiger partial charge in [0.15, 0.2) is 0 Å². The van der Waals surface area contributed by atoms with E-state index < -0.39 is 46.1 Å². The molecule has 354 valence electrons. The van der Waals surface area contributed by atoms with E-state index in [-0.39, 0.29) is 24.5 Å². The number of methoxy groups -OCH3 is 3. The first-order valence-corrected chi connectivity index (χ1v) is 23.8. The molecule has 3 aromatic carbocycles. The Labute approximate surface area is 392 Å². The minimum Gasteiger partial charge on any atom is -0.497 e. The van der Waals surface area contributed by atoms with Gasteiger partial charge in [0.25, 0.3) is 0 Å². The average Bonchev–Trinajstić information content (AvgIpc) is 4.00. The summed E-state index contributed by atoms with van der Waals surface area (Å²) in [5.41, 5.74) is 1.74. The molecule has 3 N–H and O–H groups in total. The number of esters is 2. The van der Waals surface area contributed by atoms with Crippen LogP contribution in [0.5, 0.6) is 17.2 Å². The molecule has 10 rings (SSSR count). The molecule has 2 bridgehead atoms. The monoisotopic (exact) mass is 913 g/mol. The third-order valence-electron chi connectivity index (χ3n) is 16.4. The van der Waals surface area contributed by atoms with E-state index in [4.69, 9.17) is 23.7 Å². The standard InChI is InChI=1S/C53H63N5O9/c1-8-33-25-34-28-52(48(60)65-7,44-38(19-23-57(29-33)30-34)37-13-10-11-14-41(37)55-44)40-26-39-42(27-43(40)64-6)56(4)46-51(39)21-24-58-22-12-20-50(9-2,45(51)58)47(66-32(3)59)53(46,62)31-54-49(61)67-36-17-15-35(63-5)16-18-36/h10-18,20,25-27,34,45-47,55,62H,8-9,19,21-24,28-31H2,1-7H3,(H,54,61)/t34-,45-,46+,47+,50+,51+,52-,53-/m0/s1. The third kappa shape index (κ3) is 6.64. The van der Waals surface area contributed by atoms with Crippen LogP contribution in [-0.2, 0) is 36.3 Å². The summed E-state index contributed by atoms with van der Waals surface area (Å²) >= 11 is 0. The van der Waals surface area contributed by atoms with Crippen molar-refractivity contribution in [1.82, 2.24) is 20.1 Å². The predicted molar refractivity (Wildman–Crippen MR) is 254 cm³/mol. The second-order valence-corrected chi connectivity index (χ2v) is 19.6. The van der Waals surface area contributed by atoms with Crippen molar-refractivity contribution in [3.8, 4) is 17.2 Å². The van der Waals surface area contributed by atoms with Gasteiger partial charge in [0, 0.05) is 90.9 Å². The van der Waals surface area contributed by atoms with Crippen molar-refractivity contribution in [3.05, 3.63) is 107 Å². The molecular formula is C53H63N5O9. The van der Waals surface area contributed by atoms with Gasteiger partial charge in [0.2, 0.25) is 0 Å². The number of hydrogen-bond donors (Lipinski definition) is 3. The minimum absolute atomic E-state index is 0.0120. The molecule has 6 heterocycles. The Morgan fingerprint density at radius 2 is 1.73 bits per heavy atom. The Kier molecular flexibility index (Phi) is 11.2. The van der Waals surface area contributed by atoms with Gasteiger partial charge in [-0.3, -0.25) is 19.4 Å². The van der Waals surface area contributed by atoms with Gasteiger partial charge in [-0.2, -0.15) is 0 Å². The van der Waals surface area contributed by atoms with Crippen molar-refractivity contribution >= 4 is 34.6 Å². The Morgan fingerprint density at radius 1 is 0.955 bits per heavy atom. The molecule has 1 aliphatic carbocycles. The highest BCUT2D eigenvalue weighted by Gasteiger charge is 2.78. The molecule has 1 unspecified atom stereocenters. The van der Waals surface area contributed by atoms with E-state index in [0.29, 0.717) is 55.2 Å². The maximum atomic E-state index is 15.5.